The van der Waals surface area contributed by atoms with Crippen molar-refractivity contribution in [2.24, 2.45) is 0 Å². The van der Waals surface area contributed by atoms with Crippen LogP contribution in [0.4, 0.5) is 4.39 Å². The Balaban J connectivity index is 1.87. The Morgan fingerprint density at radius 2 is 2.04 bits per heavy atom. The fraction of sp³-hybridized carbons (Fsp3) is 0.438. The van der Waals surface area contributed by atoms with Crippen LogP contribution in [0.2, 0.25) is 0 Å². The van der Waals surface area contributed by atoms with E-state index in [4.69, 9.17) is 0 Å². The molecule has 0 unspecified atom stereocenters. The van der Waals surface area contributed by atoms with Crippen LogP contribution in [0, 0.1) is 5.82 Å². The summed E-state index contributed by atoms with van der Waals surface area (Å²) in [4.78, 5) is 2.51. The number of halogens is 1. The number of H-pyrrole nitrogens is 1. The molecule has 1 fully saturated rings. The summed E-state index contributed by atoms with van der Waals surface area (Å²) in [5.74, 6) is -0.253. The Morgan fingerprint density at radius 1 is 1.30 bits per heavy atom. The largest absolute Gasteiger partial charge is 0.290 e. The van der Waals surface area contributed by atoms with Gasteiger partial charge in [0.2, 0.25) is 0 Å². The highest BCUT2D eigenvalue weighted by Gasteiger charge is 2.30. The third-order valence-electron chi connectivity index (χ3n) is 4.28. The van der Waals surface area contributed by atoms with Gasteiger partial charge in [0.05, 0.1) is 17.9 Å². The predicted octanol–water partition coefficient (Wildman–Crippen LogP) is 2.68. The Morgan fingerprint density at radius 3 is 2.74 bits per heavy atom. The van der Waals surface area contributed by atoms with Crippen LogP contribution in [0.3, 0.4) is 0 Å². The predicted molar refractivity (Wildman–Crippen MR) is 85.1 cm³/mol. The fourth-order valence-corrected chi connectivity index (χ4v) is 3.98. The maximum absolute atomic E-state index is 13.1. The molecule has 0 spiro atoms. The van der Waals surface area contributed by atoms with Crippen molar-refractivity contribution in [1.29, 1.82) is 0 Å². The minimum Gasteiger partial charge on any atom is -0.290 e. The van der Waals surface area contributed by atoms with Gasteiger partial charge in [-0.2, -0.15) is 5.10 Å². The minimum atomic E-state index is -3.31. The van der Waals surface area contributed by atoms with Crippen molar-refractivity contribution in [2.45, 2.75) is 36.7 Å². The molecule has 0 aliphatic carbocycles. The zero-order valence-corrected chi connectivity index (χ0v) is 13.8. The average molecular weight is 337 g/mol. The molecule has 0 saturated carbocycles. The molecule has 2 aromatic rings. The Hall–Kier alpha value is -1.73. The van der Waals surface area contributed by atoms with Crippen LogP contribution in [0.5, 0.6) is 0 Å². The molecular formula is C16H20FN3O2S. The first kappa shape index (κ1) is 16.1. The van der Waals surface area contributed by atoms with Crippen molar-refractivity contribution in [3.63, 3.8) is 0 Å². The van der Waals surface area contributed by atoms with Crippen molar-refractivity contribution in [3.05, 3.63) is 47.5 Å². The monoisotopic (exact) mass is 337 g/mol. The normalized spacial score (nSPS) is 19.8. The quantitative estimate of drug-likeness (QED) is 0.931. The molecule has 0 amide bonds. The lowest BCUT2D eigenvalue weighted by molar-refractivity contribution is 0.135. The van der Waals surface area contributed by atoms with E-state index in [1.807, 2.05) is 0 Å². The first-order valence-corrected chi connectivity index (χ1v) is 9.56. The molecule has 1 aromatic carbocycles. The Labute approximate surface area is 135 Å². The number of nitrogens with one attached hydrogen (secondary N) is 1. The van der Waals surface area contributed by atoms with Crippen molar-refractivity contribution in [3.8, 4) is 0 Å². The SMILES string of the molecule is CS(=O)(=O)c1cn[nH]c1[C@H]1CCCCN1Cc1ccc(F)cc1. The van der Waals surface area contributed by atoms with Crippen molar-refractivity contribution in [2.75, 3.05) is 12.8 Å². The topological polar surface area (TPSA) is 66.1 Å². The summed E-state index contributed by atoms with van der Waals surface area (Å²) in [6.45, 7) is 1.54. The zero-order chi connectivity index (χ0) is 16.4. The zero-order valence-electron chi connectivity index (χ0n) is 13.0. The van der Waals surface area contributed by atoms with Crippen LogP contribution in [0.25, 0.3) is 0 Å². The molecule has 5 nitrogen and oxygen atoms in total. The van der Waals surface area contributed by atoms with Gasteiger partial charge in [0.1, 0.15) is 10.7 Å². The van der Waals surface area contributed by atoms with E-state index in [0.717, 1.165) is 31.4 Å². The highest BCUT2D eigenvalue weighted by molar-refractivity contribution is 7.90. The molecule has 3 rings (SSSR count). The molecule has 124 valence electrons. The number of likely N-dealkylation sites (tertiary alicyclic amines) is 1. The molecule has 1 aliphatic heterocycles. The number of hydrogen-bond donors (Lipinski definition) is 1. The molecule has 0 bridgehead atoms. The summed E-state index contributed by atoms with van der Waals surface area (Å²) in [6, 6.07) is 6.43. The highest BCUT2D eigenvalue weighted by atomic mass is 32.2. The van der Waals surface area contributed by atoms with Gasteiger partial charge in [-0.3, -0.25) is 10.00 Å². The third-order valence-corrected chi connectivity index (χ3v) is 5.40. The lowest BCUT2D eigenvalue weighted by atomic mass is 9.98. The molecule has 1 aliphatic rings. The van der Waals surface area contributed by atoms with Gasteiger partial charge in [-0.1, -0.05) is 18.6 Å². The number of piperidine rings is 1. The number of hydrogen-bond acceptors (Lipinski definition) is 4. The van der Waals surface area contributed by atoms with E-state index in [9.17, 15) is 12.8 Å². The molecule has 23 heavy (non-hydrogen) atoms. The average Bonchev–Trinajstić information content (AvgIpc) is 3.00. The van der Waals surface area contributed by atoms with Crippen LogP contribution >= 0.6 is 0 Å². The Kier molecular flexibility index (Phi) is 4.50. The van der Waals surface area contributed by atoms with E-state index in [0.29, 0.717) is 12.2 Å². The number of sulfone groups is 1. The molecular weight excluding hydrogens is 317 g/mol. The maximum atomic E-state index is 13.1. The first-order chi connectivity index (χ1) is 10.9. The summed E-state index contributed by atoms with van der Waals surface area (Å²) >= 11 is 0. The van der Waals surface area contributed by atoms with E-state index >= 15 is 0 Å². The van der Waals surface area contributed by atoms with Gasteiger partial charge < -0.3 is 0 Å². The van der Waals surface area contributed by atoms with E-state index < -0.39 is 9.84 Å². The minimum absolute atomic E-state index is 0.0129. The lowest BCUT2D eigenvalue weighted by Gasteiger charge is -2.35. The summed E-state index contributed by atoms with van der Waals surface area (Å²) < 4.78 is 36.9. The maximum Gasteiger partial charge on any atom is 0.178 e. The molecule has 0 radical (unpaired) electrons. The summed E-state index contributed by atoms with van der Waals surface area (Å²) in [6.07, 6.45) is 5.59. The van der Waals surface area contributed by atoms with Gasteiger partial charge in [-0.15, -0.1) is 0 Å². The molecule has 2 heterocycles. The summed E-state index contributed by atoms with van der Waals surface area (Å²) in [5, 5.41) is 6.81. The van der Waals surface area contributed by atoms with Crippen LogP contribution in [-0.4, -0.2) is 36.3 Å². The standard InChI is InChI=1S/C16H20FN3O2S/c1-23(21,22)15-10-18-19-16(15)14-4-2-3-9-20(14)11-12-5-7-13(17)8-6-12/h5-8,10,14H,2-4,9,11H2,1H3,(H,18,19)/t14-/m1/s1. The van der Waals surface area contributed by atoms with Crippen LogP contribution in [-0.2, 0) is 16.4 Å². The third kappa shape index (κ3) is 3.61. The van der Waals surface area contributed by atoms with Crippen LogP contribution in [0.15, 0.2) is 35.4 Å². The van der Waals surface area contributed by atoms with Gasteiger partial charge in [0.25, 0.3) is 0 Å². The molecule has 1 N–H and O–H groups in total. The Bertz CT molecular complexity index is 771. The van der Waals surface area contributed by atoms with Gasteiger partial charge in [0.15, 0.2) is 9.84 Å². The molecule has 7 heteroatoms. The molecule has 1 saturated heterocycles. The molecule has 1 aromatic heterocycles. The summed E-state index contributed by atoms with van der Waals surface area (Å²) in [7, 11) is -3.31. The fourth-order valence-electron chi connectivity index (χ4n) is 3.15. The number of nitrogens with zero attached hydrogens (tertiary/aromatic N) is 2. The van der Waals surface area contributed by atoms with E-state index in [-0.39, 0.29) is 16.8 Å². The number of aromatic nitrogens is 2. The number of rotatable bonds is 4. The molecule has 1 atom stereocenters. The van der Waals surface area contributed by atoms with E-state index in [1.165, 1.54) is 24.6 Å². The van der Waals surface area contributed by atoms with E-state index in [1.54, 1.807) is 12.1 Å². The van der Waals surface area contributed by atoms with Gasteiger partial charge >= 0.3 is 0 Å². The highest BCUT2D eigenvalue weighted by Crippen LogP contribution is 2.34. The van der Waals surface area contributed by atoms with Crippen LogP contribution < -0.4 is 0 Å². The first-order valence-electron chi connectivity index (χ1n) is 7.67. The summed E-state index contributed by atoms with van der Waals surface area (Å²) in [5.41, 5.74) is 1.67. The number of aromatic amines is 1. The van der Waals surface area contributed by atoms with Crippen molar-refractivity contribution >= 4 is 9.84 Å². The van der Waals surface area contributed by atoms with Gasteiger partial charge in [-0.25, -0.2) is 12.8 Å². The van der Waals surface area contributed by atoms with Crippen molar-refractivity contribution < 1.29 is 12.8 Å². The smallest absolute Gasteiger partial charge is 0.178 e. The second-order valence-corrected chi connectivity index (χ2v) is 8.01. The second kappa shape index (κ2) is 6.41. The van der Waals surface area contributed by atoms with Gasteiger partial charge in [0, 0.05) is 12.8 Å². The second-order valence-electron chi connectivity index (χ2n) is 6.03. The van der Waals surface area contributed by atoms with Crippen LogP contribution in [0.1, 0.15) is 36.6 Å². The number of benzene rings is 1. The lowest BCUT2D eigenvalue weighted by Crippen LogP contribution is -2.33. The van der Waals surface area contributed by atoms with E-state index in [2.05, 4.69) is 15.1 Å². The van der Waals surface area contributed by atoms with Crippen molar-refractivity contribution in [1.82, 2.24) is 15.1 Å². The van der Waals surface area contributed by atoms with Gasteiger partial charge in [-0.05, 0) is 37.1 Å².